The SMILES string of the molecule is CCCCCCCCCCCCCCCCCCOC(C)c1ccc(C(=O)Oc2ccccc2OC(CCC)CCCCCCCCCCC)cc1. The second kappa shape index (κ2) is 32.1. The summed E-state index contributed by atoms with van der Waals surface area (Å²) in [5.74, 6) is 0.772. The Morgan fingerprint density at radius 1 is 0.500 bits per heavy atom. The summed E-state index contributed by atoms with van der Waals surface area (Å²) in [6.07, 6.45) is 37.1. The maximum absolute atomic E-state index is 13.2. The molecule has 0 fully saturated rings. The summed E-state index contributed by atoms with van der Waals surface area (Å²) in [6, 6.07) is 15.3. The van der Waals surface area contributed by atoms with E-state index in [4.69, 9.17) is 14.2 Å². The highest BCUT2D eigenvalue weighted by molar-refractivity contribution is 5.91. The number of carbonyl (C=O) groups excluding carboxylic acids is 1. The van der Waals surface area contributed by atoms with E-state index in [0.717, 1.165) is 37.9 Å². The van der Waals surface area contributed by atoms with Crippen LogP contribution in [0.2, 0.25) is 0 Å². The molecule has 52 heavy (non-hydrogen) atoms. The van der Waals surface area contributed by atoms with Crippen LogP contribution in [0.4, 0.5) is 0 Å². The van der Waals surface area contributed by atoms with Crippen LogP contribution in [0, 0.1) is 0 Å². The molecule has 0 aliphatic carbocycles. The summed E-state index contributed by atoms with van der Waals surface area (Å²) in [4.78, 5) is 13.2. The molecule has 2 aromatic carbocycles. The Morgan fingerprint density at radius 2 is 0.942 bits per heavy atom. The number of para-hydroxylation sites is 2. The van der Waals surface area contributed by atoms with Crippen molar-refractivity contribution >= 4 is 5.97 Å². The molecule has 0 spiro atoms. The van der Waals surface area contributed by atoms with Crippen molar-refractivity contribution in [3.05, 3.63) is 59.7 Å². The number of rotatable bonds is 35. The molecule has 0 bridgehead atoms. The minimum Gasteiger partial charge on any atom is -0.487 e. The number of esters is 1. The predicted molar refractivity (Wildman–Crippen MR) is 223 cm³/mol. The first kappa shape index (κ1) is 45.8. The highest BCUT2D eigenvalue weighted by atomic mass is 16.6. The van der Waals surface area contributed by atoms with Crippen LogP contribution in [0.1, 0.15) is 230 Å². The lowest BCUT2D eigenvalue weighted by molar-refractivity contribution is 0.0625. The molecule has 0 aromatic heterocycles. The molecule has 4 nitrogen and oxygen atoms in total. The van der Waals surface area contributed by atoms with Crippen molar-refractivity contribution < 1.29 is 19.0 Å². The van der Waals surface area contributed by atoms with E-state index >= 15 is 0 Å². The minimum atomic E-state index is -0.365. The molecular formula is C48H80O4. The largest absolute Gasteiger partial charge is 0.487 e. The van der Waals surface area contributed by atoms with Crippen LogP contribution in [0.25, 0.3) is 0 Å². The zero-order valence-electron chi connectivity index (χ0n) is 34.4. The summed E-state index contributed by atoms with van der Waals surface area (Å²) in [7, 11) is 0. The van der Waals surface area contributed by atoms with Gasteiger partial charge in [-0.1, -0.05) is 199 Å². The van der Waals surface area contributed by atoms with Crippen molar-refractivity contribution in [1.82, 2.24) is 0 Å². The van der Waals surface area contributed by atoms with Gasteiger partial charge in [0.25, 0.3) is 0 Å². The first-order chi connectivity index (χ1) is 25.6. The van der Waals surface area contributed by atoms with Gasteiger partial charge in [-0.2, -0.15) is 0 Å². The van der Waals surface area contributed by atoms with Crippen molar-refractivity contribution in [1.29, 1.82) is 0 Å². The van der Waals surface area contributed by atoms with Crippen LogP contribution in [0.15, 0.2) is 48.5 Å². The molecule has 2 rings (SSSR count). The smallest absolute Gasteiger partial charge is 0.343 e. The van der Waals surface area contributed by atoms with Gasteiger partial charge in [-0.05, 0) is 62.4 Å². The van der Waals surface area contributed by atoms with E-state index in [1.54, 1.807) is 0 Å². The van der Waals surface area contributed by atoms with E-state index in [9.17, 15) is 4.79 Å². The summed E-state index contributed by atoms with van der Waals surface area (Å²) in [5.41, 5.74) is 1.61. The molecule has 4 heteroatoms. The van der Waals surface area contributed by atoms with Crippen molar-refractivity contribution in [2.45, 2.75) is 220 Å². The molecule has 0 aliphatic heterocycles. The predicted octanol–water partition coefficient (Wildman–Crippen LogP) is 15.7. The molecular weight excluding hydrogens is 641 g/mol. The summed E-state index contributed by atoms with van der Waals surface area (Å²) < 4.78 is 18.5. The third-order valence-corrected chi connectivity index (χ3v) is 10.6. The fourth-order valence-corrected chi connectivity index (χ4v) is 7.13. The zero-order valence-corrected chi connectivity index (χ0v) is 34.4. The van der Waals surface area contributed by atoms with E-state index in [1.807, 2.05) is 48.5 Å². The van der Waals surface area contributed by atoms with Crippen molar-refractivity contribution in [3.63, 3.8) is 0 Å². The van der Waals surface area contributed by atoms with Gasteiger partial charge < -0.3 is 14.2 Å². The third-order valence-electron chi connectivity index (χ3n) is 10.6. The van der Waals surface area contributed by atoms with Crippen LogP contribution >= 0.6 is 0 Å². The number of carbonyl (C=O) groups is 1. The molecule has 2 aromatic rings. The second-order valence-electron chi connectivity index (χ2n) is 15.4. The van der Waals surface area contributed by atoms with Gasteiger partial charge in [0.1, 0.15) is 0 Å². The van der Waals surface area contributed by atoms with E-state index in [-0.39, 0.29) is 18.2 Å². The van der Waals surface area contributed by atoms with E-state index in [2.05, 4.69) is 27.7 Å². The van der Waals surface area contributed by atoms with E-state index in [1.165, 1.54) is 154 Å². The summed E-state index contributed by atoms with van der Waals surface area (Å²) in [6.45, 7) is 9.63. The quantitative estimate of drug-likeness (QED) is 0.0404. The fourth-order valence-electron chi connectivity index (χ4n) is 7.13. The molecule has 0 aliphatic rings. The van der Waals surface area contributed by atoms with Crippen LogP contribution in [-0.2, 0) is 4.74 Å². The second-order valence-corrected chi connectivity index (χ2v) is 15.4. The molecule has 2 atom stereocenters. The first-order valence-corrected chi connectivity index (χ1v) is 22.3. The Hall–Kier alpha value is -2.33. The molecule has 2 unspecified atom stereocenters. The van der Waals surface area contributed by atoms with Gasteiger partial charge in [0, 0.05) is 6.61 Å². The Morgan fingerprint density at radius 3 is 1.42 bits per heavy atom. The summed E-state index contributed by atoms with van der Waals surface area (Å²) in [5, 5.41) is 0. The van der Waals surface area contributed by atoms with E-state index in [0.29, 0.717) is 17.1 Å². The van der Waals surface area contributed by atoms with Gasteiger partial charge in [0.2, 0.25) is 0 Å². The molecule has 296 valence electrons. The lowest BCUT2D eigenvalue weighted by Crippen LogP contribution is -2.17. The lowest BCUT2D eigenvalue weighted by atomic mass is 10.0. The molecule has 0 radical (unpaired) electrons. The Kier molecular flexibility index (Phi) is 28.3. The van der Waals surface area contributed by atoms with Crippen molar-refractivity contribution in [3.8, 4) is 11.5 Å². The topological polar surface area (TPSA) is 44.8 Å². The van der Waals surface area contributed by atoms with Gasteiger partial charge >= 0.3 is 5.97 Å². The molecule has 0 saturated carbocycles. The number of hydrogen-bond acceptors (Lipinski definition) is 4. The van der Waals surface area contributed by atoms with Crippen molar-refractivity contribution in [2.24, 2.45) is 0 Å². The van der Waals surface area contributed by atoms with Crippen LogP contribution in [0.3, 0.4) is 0 Å². The van der Waals surface area contributed by atoms with Gasteiger partial charge in [0.15, 0.2) is 11.5 Å². The van der Waals surface area contributed by atoms with Gasteiger partial charge in [-0.25, -0.2) is 4.79 Å². The van der Waals surface area contributed by atoms with Gasteiger partial charge in [-0.3, -0.25) is 0 Å². The first-order valence-electron chi connectivity index (χ1n) is 22.3. The minimum absolute atomic E-state index is 0.00293. The number of unbranched alkanes of at least 4 members (excludes halogenated alkanes) is 23. The molecule has 0 saturated heterocycles. The van der Waals surface area contributed by atoms with Gasteiger partial charge in [-0.15, -0.1) is 0 Å². The average molecular weight is 721 g/mol. The average Bonchev–Trinajstić information content (AvgIpc) is 3.16. The maximum Gasteiger partial charge on any atom is 0.343 e. The number of hydrogen-bond donors (Lipinski definition) is 0. The zero-order chi connectivity index (χ0) is 37.3. The number of ether oxygens (including phenoxy) is 3. The third kappa shape index (κ3) is 22.7. The standard InChI is InChI=1S/C48H80O4/c1-5-8-10-12-14-16-17-18-19-20-21-22-24-26-28-32-41-50-42(4)43-37-39-44(40-38-43)48(49)52-47-36-31-30-35-46(47)51-45(33-7-3)34-29-27-25-23-15-13-11-9-6-2/h30-31,35-40,42,45H,5-29,32-34,41H2,1-4H3. The van der Waals surface area contributed by atoms with Crippen LogP contribution in [0.5, 0.6) is 11.5 Å². The lowest BCUT2D eigenvalue weighted by Gasteiger charge is -2.20. The Balaban J connectivity index is 1.62. The molecule has 0 heterocycles. The normalized spacial score (nSPS) is 12.5. The molecule has 0 N–H and O–H groups in total. The van der Waals surface area contributed by atoms with Gasteiger partial charge in [0.05, 0.1) is 17.8 Å². The highest BCUT2D eigenvalue weighted by Gasteiger charge is 2.17. The van der Waals surface area contributed by atoms with E-state index < -0.39 is 0 Å². The Bertz CT molecular complexity index is 1100. The highest BCUT2D eigenvalue weighted by Crippen LogP contribution is 2.30. The van der Waals surface area contributed by atoms with Crippen LogP contribution in [-0.4, -0.2) is 18.7 Å². The molecule has 0 amide bonds. The fraction of sp³-hybridized carbons (Fsp3) is 0.729. The summed E-state index contributed by atoms with van der Waals surface area (Å²) >= 11 is 0. The van der Waals surface area contributed by atoms with Crippen LogP contribution < -0.4 is 9.47 Å². The monoisotopic (exact) mass is 721 g/mol. The Labute approximate surface area is 321 Å². The maximum atomic E-state index is 13.2. The number of benzene rings is 2. The van der Waals surface area contributed by atoms with Crippen molar-refractivity contribution in [2.75, 3.05) is 6.61 Å².